The summed E-state index contributed by atoms with van der Waals surface area (Å²) in [5.74, 6) is -0.269. The van der Waals surface area contributed by atoms with Gasteiger partial charge in [-0.15, -0.1) is 0 Å². The number of hydrogen-bond donors (Lipinski definition) is 1. The van der Waals surface area contributed by atoms with Gasteiger partial charge in [0, 0.05) is 7.05 Å². The number of carbonyl (C=O) groups is 3. The molecule has 1 fully saturated rings. The summed E-state index contributed by atoms with van der Waals surface area (Å²) in [6.07, 6.45) is -0.892. The minimum absolute atomic E-state index is 0.00218. The number of nitrogens with two attached hydrogens (primary N) is 1. The van der Waals surface area contributed by atoms with E-state index in [2.05, 4.69) is 4.74 Å². The monoisotopic (exact) mass is 201 g/mol. The van der Waals surface area contributed by atoms with E-state index in [0.717, 1.165) is 4.90 Å². The number of ether oxygens (including phenoxy) is 1. The maximum atomic E-state index is 11.3. The highest BCUT2D eigenvalue weighted by Gasteiger charge is 2.32. The summed E-state index contributed by atoms with van der Waals surface area (Å²) in [4.78, 5) is 34.8. The van der Waals surface area contributed by atoms with E-state index < -0.39 is 6.09 Å². The molecule has 0 aromatic carbocycles. The lowest BCUT2D eigenvalue weighted by Gasteiger charge is -2.13. The van der Waals surface area contributed by atoms with Crippen LogP contribution in [0.15, 0.2) is 0 Å². The van der Waals surface area contributed by atoms with E-state index in [1.54, 1.807) is 0 Å². The Bertz CT molecular complexity index is 278. The lowest BCUT2D eigenvalue weighted by molar-refractivity contribution is -0.124. The molecule has 4 amide bonds. The summed E-state index contributed by atoms with van der Waals surface area (Å²) in [5.41, 5.74) is 4.72. The summed E-state index contributed by atoms with van der Waals surface area (Å²) in [5, 5.41) is 0. The second-order valence-electron chi connectivity index (χ2n) is 2.82. The van der Waals surface area contributed by atoms with Crippen LogP contribution in [0, 0.1) is 0 Å². The molecule has 0 saturated carbocycles. The maximum Gasteiger partial charge on any atom is 0.404 e. The molecular formula is C7H11N3O4. The number of likely N-dealkylation sites (N-methyl/N-ethyl adjacent to an activating group) is 1. The number of imide groups is 1. The number of urea groups is 1. The molecule has 1 rings (SSSR count). The highest BCUT2D eigenvalue weighted by Crippen LogP contribution is 2.06. The van der Waals surface area contributed by atoms with Crippen molar-refractivity contribution in [2.45, 2.75) is 0 Å². The summed E-state index contributed by atoms with van der Waals surface area (Å²) in [6.45, 7) is 0.206. The molecule has 78 valence electrons. The number of amides is 4. The van der Waals surface area contributed by atoms with E-state index in [1.165, 1.54) is 11.9 Å². The van der Waals surface area contributed by atoms with Crippen molar-refractivity contribution in [1.82, 2.24) is 9.80 Å². The third kappa shape index (κ3) is 2.12. The van der Waals surface area contributed by atoms with Gasteiger partial charge in [0.05, 0.1) is 6.54 Å². The van der Waals surface area contributed by atoms with Gasteiger partial charge in [-0.2, -0.15) is 0 Å². The van der Waals surface area contributed by atoms with Crippen LogP contribution in [0.1, 0.15) is 0 Å². The largest absolute Gasteiger partial charge is 0.448 e. The van der Waals surface area contributed by atoms with Crippen molar-refractivity contribution in [3.8, 4) is 0 Å². The molecule has 0 spiro atoms. The van der Waals surface area contributed by atoms with Crippen molar-refractivity contribution in [1.29, 1.82) is 0 Å². The van der Waals surface area contributed by atoms with E-state index in [4.69, 9.17) is 5.73 Å². The minimum Gasteiger partial charge on any atom is -0.448 e. The summed E-state index contributed by atoms with van der Waals surface area (Å²) in [7, 11) is 1.40. The lowest BCUT2D eigenvalue weighted by Crippen LogP contribution is -2.33. The van der Waals surface area contributed by atoms with Crippen LogP contribution in [-0.2, 0) is 9.53 Å². The molecule has 1 aliphatic heterocycles. The van der Waals surface area contributed by atoms with Crippen LogP contribution >= 0.6 is 0 Å². The fraction of sp³-hybridized carbons (Fsp3) is 0.571. The topological polar surface area (TPSA) is 92.9 Å². The van der Waals surface area contributed by atoms with Crippen LogP contribution in [0.3, 0.4) is 0 Å². The molecule has 0 aliphatic carbocycles. The van der Waals surface area contributed by atoms with Crippen molar-refractivity contribution in [3.63, 3.8) is 0 Å². The van der Waals surface area contributed by atoms with Crippen LogP contribution < -0.4 is 5.73 Å². The number of rotatable bonds is 3. The highest BCUT2D eigenvalue weighted by molar-refractivity contribution is 6.01. The molecule has 2 N–H and O–H groups in total. The molecule has 0 aromatic rings. The summed E-state index contributed by atoms with van der Waals surface area (Å²) in [6, 6.07) is -0.386. The maximum absolute atomic E-state index is 11.3. The van der Waals surface area contributed by atoms with Gasteiger partial charge in [-0.05, 0) is 0 Å². The number of primary amides is 1. The Balaban J connectivity index is 2.36. The molecule has 1 aliphatic rings. The normalized spacial score (nSPS) is 16.4. The van der Waals surface area contributed by atoms with E-state index in [0.29, 0.717) is 0 Å². The third-order valence-corrected chi connectivity index (χ3v) is 1.86. The smallest absolute Gasteiger partial charge is 0.404 e. The Labute approximate surface area is 80.4 Å². The van der Waals surface area contributed by atoms with E-state index in [9.17, 15) is 14.4 Å². The molecule has 1 heterocycles. The van der Waals surface area contributed by atoms with Gasteiger partial charge in [0.25, 0.3) is 0 Å². The Morgan fingerprint density at radius 1 is 1.57 bits per heavy atom. The minimum atomic E-state index is -0.892. The standard InChI is InChI=1S/C7H11N3O4/c1-9-5(11)4-10(7(9)13)2-3-14-6(8)12/h2-4H2,1H3,(H2,8,12). The van der Waals surface area contributed by atoms with Gasteiger partial charge >= 0.3 is 12.1 Å². The first-order valence-electron chi connectivity index (χ1n) is 4.00. The number of carbonyl (C=O) groups excluding carboxylic acids is 3. The fourth-order valence-corrected chi connectivity index (χ4v) is 1.09. The van der Waals surface area contributed by atoms with Crippen LogP contribution in [0.25, 0.3) is 0 Å². The molecular weight excluding hydrogens is 190 g/mol. The Morgan fingerprint density at radius 2 is 2.21 bits per heavy atom. The fourth-order valence-electron chi connectivity index (χ4n) is 1.09. The van der Waals surface area contributed by atoms with E-state index in [1.807, 2.05) is 0 Å². The molecule has 0 atom stereocenters. The molecule has 0 aromatic heterocycles. The zero-order valence-electron chi connectivity index (χ0n) is 7.73. The average Bonchev–Trinajstić information content (AvgIpc) is 2.33. The summed E-state index contributed by atoms with van der Waals surface area (Å²) < 4.78 is 4.44. The first-order valence-corrected chi connectivity index (χ1v) is 4.00. The number of nitrogens with zero attached hydrogens (tertiary/aromatic N) is 2. The van der Waals surface area contributed by atoms with Crippen molar-refractivity contribution in [3.05, 3.63) is 0 Å². The third-order valence-electron chi connectivity index (χ3n) is 1.86. The predicted octanol–water partition coefficient (Wildman–Crippen LogP) is -1.02. The second-order valence-corrected chi connectivity index (χ2v) is 2.82. The molecule has 0 radical (unpaired) electrons. The van der Waals surface area contributed by atoms with Crippen LogP contribution in [0.5, 0.6) is 0 Å². The van der Waals surface area contributed by atoms with Crippen molar-refractivity contribution >= 4 is 18.0 Å². The molecule has 14 heavy (non-hydrogen) atoms. The highest BCUT2D eigenvalue weighted by atomic mass is 16.5. The van der Waals surface area contributed by atoms with Gasteiger partial charge in [0.2, 0.25) is 5.91 Å². The van der Waals surface area contributed by atoms with Crippen molar-refractivity contribution in [2.24, 2.45) is 5.73 Å². The van der Waals surface area contributed by atoms with Crippen LogP contribution in [-0.4, -0.2) is 54.6 Å². The predicted molar refractivity (Wildman–Crippen MR) is 45.3 cm³/mol. The van der Waals surface area contributed by atoms with Crippen LogP contribution in [0.4, 0.5) is 9.59 Å². The van der Waals surface area contributed by atoms with E-state index in [-0.39, 0.29) is 31.6 Å². The molecule has 0 bridgehead atoms. The van der Waals surface area contributed by atoms with Gasteiger partial charge in [0.1, 0.15) is 13.2 Å². The second kappa shape index (κ2) is 3.95. The van der Waals surface area contributed by atoms with Gasteiger partial charge in [-0.3, -0.25) is 9.69 Å². The van der Waals surface area contributed by atoms with Gasteiger partial charge in [-0.25, -0.2) is 9.59 Å². The molecule has 0 unspecified atom stereocenters. The Hall–Kier alpha value is -1.79. The first kappa shape index (κ1) is 10.3. The van der Waals surface area contributed by atoms with E-state index >= 15 is 0 Å². The SMILES string of the molecule is CN1C(=O)CN(CCOC(N)=O)C1=O. The number of hydrogen-bond acceptors (Lipinski definition) is 4. The quantitative estimate of drug-likeness (QED) is 0.591. The zero-order chi connectivity index (χ0) is 10.7. The first-order chi connectivity index (χ1) is 6.52. The molecule has 1 saturated heterocycles. The van der Waals surface area contributed by atoms with Gasteiger partial charge < -0.3 is 15.4 Å². The van der Waals surface area contributed by atoms with Crippen LogP contribution in [0.2, 0.25) is 0 Å². The molecule has 7 nitrogen and oxygen atoms in total. The van der Waals surface area contributed by atoms with Gasteiger partial charge in [-0.1, -0.05) is 0 Å². The zero-order valence-corrected chi connectivity index (χ0v) is 7.73. The lowest BCUT2D eigenvalue weighted by atomic mass is 10.5. The Kier molecular flexibility index (Phi) is 2.90. The van der Waals surface area contributed by atoms with Crippen molar-refractivity contribution in [2.75, 3.05) is 26.7 Å². The summed E-state index contributed by atoms with van der Waals surface area (Å²) >= 11 is 0. The van der Waals surface area contributed by atoms with Gasteiger partial charge in [0.15, 0.2) is 0 Å². The average molecular weight is 201 g/mol. The Morgan fingerprint density at radius 3 is 2.64 bits per heavy atom. The molecule has 7 heteroatoms. The van der Waals surface area contributed by atoms with Crippen molar-refractivity contribution < 1.29 is 19.1 Å².